The second-order valence-corrected chi connectivity index (χ2v) is 5.98. The molecular formula is C17H34NO3+. The molecule has 0 fully saturated rings. The summed E-state index contributed by atoms with van der Waals surface area (Å²) < 4.78 is 0.707. The van der Waals surface area contributed by atoms with Crippen LogP contribution in [0.3, 0.4) is 0 Å². The van der Waals surface area contributed by atoms with Crippen molar-refractivity contribution in [3.63, 3.8) is 0 Å². The lowest BCUT2D eigenvalue weighted by molar-refractivity contribution is -0.929. The van der Waals surface area contributed by atoms with E-state index in [0.717, 1.165) is 45.2 Å². The molecule has 0 radical (unpaired) electrons. The van der Waals surface area contributed by atoms with Crippen molar-refractivity contribution in [2.75, 3.05) is 26.2 Å². The SMILES string of the molecule is CCCC/C=C/C(O)C[N+](CCC)(CCC)CCC(=O)O. The maximum absolute atomic E-state index is 10.9. The van der Waals surface area contributed by atoms with Gasteiger partial charge in [0.05, 0.1) is 26.1 Å². The van der Waals surface area contributed by atoms with Crippen molar-refractivity contribution in [2.24, 2.45) is 0 Å². The molecule has 1 unspecified atom stereocenters. The highest BCUT2D eigenvalue weighted by Crippen LogP contribution is 2.14. The van der Waals surface area contributed by atoms with E-state index in [1.165, 1.54) is 0 Å². The summed E-state index contributed by atoms with van der Waals surface area (Å²) in [7, 11) is 0. The summed E-state index contributed by atoms with van der Waals surface area (Å²) in [6.45, 7) is 9.48. The molecule has 0 aromatic heterocycles. The van der Waals surface area contributed by atoms with Gasteiger partial charge in [-0.3, -0.25) is 4.79 Å². The first-order valence-corrected chi connectivity index (χ1v) is 8.41. The predicted molar refractivity (Wildman–Crippen MR) is 87.2 cm³/mol. The van der Waals surface area contributed by atoms with Crippen LogP contribution in [0.5, 0.6) is 0 Å². The third kappa shape index (κ3) is 9.64. The normalized spacial score (nSPS) is 13.7. The third-order valence-corrected chi connectivity index (χ3v) is 3.85. The van der Waals surface area contributed by atoms with E-state index in [2.05, 4.69) is 26.8 Å². The van der Waals surface area contributed by atoms with E-state index in [9.17, 15) is 9.90 Å². The van der Waals surface area contributed by atoms with Crippen molar-refractivity contribution in [3.05, 3.63) is 12.2 Å². The first-order valence-electron chi connectivity index (χ1n) is 8.41. The average molecular weight is 300 g/mol. The van der Waals surface area contributed by atoms with Crippen molar-refractivity contribution >= 4 is 5.97 Å². The van der Waals surface area contributed by atoms with Gasteiger partial charge in [-0.05, 0) is 19.3 Å². The zero-order chi connectivity index (χ0) is 16.1. The van der Waals surface area contributed by atoms with E-state index in [4.69, 9.17) is 5.11 Å². The molecule has 4 heteroatoms. The smallest absolute Gasteiger partial charge is 0.309 e. The molecule has 0 amide bonds. The minimum atomic E-state index is -0.752. The Morgan fingerprint density at radius 3 is 2.19 bits per heavy atom. The van der Waals surface area contributed by atoms with Crippen LogP contribution in [0.25, 0.3) is 0 Å². The van der Waals surface area contributed by atoms with Gasteiger partial charge in [-0.1, -0.05) is 45.8 Å². The monoisotopic (exact) mass is 300 g/mol. The highest BCUT2D eigenvalue weighted by Gasteiger charge is 2.28. The lowest BCUT2D eigenvalue weighted by Crippen LogP contribution is -2.54. The van der Waals surface area contributed by atoms with Gasteiger partial charge in [-0.25, -0.2) is 0 Å². The van der Waals surface area contributed by atoms with Gasteiger partial charge >= 0.3 is 5.97 Å². The number of carboxylic acids is 1. The molecule has 0 saturated heterocycles. The van der Waals surface area contributed by atoms with Crippen molar-refractivity contribution in [2.45, 2.75) is 65.4 Å². The molecule has 2 N–H and O–H groups in total. The van der Waals surface area contributed by atoms with Crippen LogP contribution in [0.1, 0.15) is 59.3 Å². The number of aliphatic carboxylic acids is 1. The van der Waals surface area contributed by atoms with Crippen LogP contribution in [0.2, 0.25) is 0 Å². The topological polar surface area (TPSA) is 57.5 Å². The van der Waals surface area contributed by atoms with Crippen LogP contribution in [0.4, 0.5) is 0 Å². The Morgan fingerprint density at radius 1 is 1.10 bits per heavy atom. The standard InChI is InChI=1S/C17H33NO3/c1-4-7-8-9-10-16(19)15-18(12-5-2,13-6-3)14-11-17(20)21/h9-10,16,19H,4-8,11-15H2,1-3H3/p+1/b10-9+. The summed E-state index contributed by atoms with van der Waals surface area (Å²) in [6.07, 6.45) is 8.95. The van der Waals surface area contributed by atoms with Crippen molar-refractivity contribution in [1.82, 2.24) is 0 Å². The molecule has 0 spiro atoms. The van der Waals surface area contributed by atoms with Gasteiger partial charge in [0.15, 0.2) is 0 Å². The Balaban J connectivity index is 4.67. The lowest BCUT2D eigenvalue weighted by atomic mass is 10.1. The summed E-state index contributed by atoms with van der Waals surface area (Å²) in [4.78, 5) is 10.9. The van der Waals surface area contributed by atoms with Gasteiger partial charge in [0.1, 0.15) is 12.6 Å². The van der Waals surface area contributed by atoms with E-state index >= 15 is 0 Å². The van der Waals surface area contributed by atoms with Crippen LogP contribution < -0.4 is 0 Å². The molecular weight excluding hydrogens is 266 g/mol. The number of nitrogens with zero attached hydrogens (tertiary/aromatic N) is 1. The van der Waals surface area contributed by atoms with Crippen LogP contribution in [-0.2, 0) is 4.79 Å². The number of hydrogen-bond acceptors (Lipinski definition) is 2. The minimum Gasteiger partial charge on any atom is -0.481 e. The summed E-state index contributed by atoms with van der Waals surface area (Å²) in [5.74, 6) is -0.752. The fourth-order valence-corrected chi connectivity index (χ4v) is 2.92. The van der Waals surface area contributed by atoms with Crippen molar-refractivity contribution < 1.29 is 19.5 Å². The number of aliphatic hydroxyl groups is 1. The Labute approximate surface area is 130 Å². The molecule has 0 aromatic carbocycles. The van der Waals surface area contributed by atoms with E-state index in [1.54, 1.807) is 0 Å². The third-order valence-electron chi connectivity index (χ3n) is 3.85. The number of carboxylic acid groups (broad SMARTS) is 1. The average Bonchev–Trinajstić information content (AvgIpc) is 2.42. The van der Waals surface area contributed by atoms with Gasteiger partial charge < -0.3 is 14.7 Å². The van der Waals surface area contributed by atoms with E-state index in [-0.39, 0.29) is 6.42 Å². The van der Waals surface area contributed by atoms with Crippen LogP contribution in [0.15, 0.2) is 12.2 Å². The van der Waals surface area contributed by atoms with Crippen LogP contribution >= 0.6 is 0 Å². The molecule has 0 saturated carbocycles. The van der Waals surface area contributed by atoms with Gasteiger partial charge in [0.25, 0.3) is 0 Å². The van der Waals surface area contributed by atoms with Crippen molar-refractivity contribution in [3.8, 4) is 0 Å². The summed E-state index contributed by atoms with van der Waals surface area (Å²) in [5, 5.41) is 19.2. The minimum absolute atomic E-state index is 0.173. The van der Waals surface area contributed by atoms with Gasteiger partial charge in [0, 0.05) is 0 Å². The largest absolute Gasteiger partial charge is 0.481 e. The Hall–Kier alpha value is -0.870. The zero-order valence-electron chi connectivity index (χ0n) is 14.1. The molecule has 21 heavy (non-hydrogen) atoms. The van der Waals surface area contributed by atoms with Gasteiger partial charge in [0.2, 0.25) is 0 Å². The number of unbranched alkanes of at least 4 members (excludes halogenated alkanes) is 2. The van der Waals surface area contributed by atoms with Crippen LogP contribution in [-0.4, -0.2) is 52.9 Å². The van der Waals surface area contributed by atoms with E-state index in [0.29, 0.717) is 17.6 Å². The number of rotatable bonds is 13. The van der Waals surface area contributed by atoms with Crippen LogP contribution in [0, 0.1) is 0 Å². The molecule has 0 aromatic rings. The molecule has 4 nitrogen and oxygen atoms in total. The molecule has 0 aliphatic rings. The summed E-state index contributed by atoms with van der Waals surface area (Å²) in [5.41, 5.74) is 0. The fourth-order valence-electron chi connectivity index (χ4n) is 2.92. The first kappa shape index (κ1) is 20.1. The molecule has 0 aliphatic heterocycles. The van der Waals surface area contributed by atoms with Crippen molar-refractivity contribution in [1.29, 1.82) is 0 Å². The van der Waals surface area contributed by atoms with E-state index < -0.39 is 12.1 Å². The number of hydrogen-bond donors (Lipinski definition) is 2. The molecule has 0 heterocycles. The maximum atomic E-state index is 10.9. The molecule has 0 rings (SSSR count). The highest BCUT2D eigenvalue weighted by molar-refractivity contribution is 5.66. The van der Waals surface area contributed by atoms with Gasteiger partial charge in [-0.2, -0.15) is 0 Å². The molecule has 124 valence electrons. The quantitative estimate of drug-likeness (QED) is 0.312. The summed E-state index contributed by atoms with van der Waals surface area (Å²) in [6, 6.07) is 0. The Morgan fingerprint density at radius 2 is 1.71 bits per heavy atom. The zero-order valence-corrected chi connectivity index (χ0v) is 14.1. The molecule has 0 aliphatic carbocycles. The predicted octanol–water partition coefficient (Wildman–Crippen LogP) is 3.21. The number of quaternary nitrogens is 1. The number of aliphatic hydroxyl groups excluding tert-OH is 1. The lowest BCUT2D eigenvalue weighted by Gasteiger charge is -2.39. The first-order chi connectivity index (χ1) is 9.99. The van der Waals surface area contributed by atoms with Gasteiger partial charge in [-0.15, -0.1) is 0 Å². The molecule has 0 bridgehead atoms. The Bertz CT molecular complexity index is 296. The van der Waals surface area contributed by atoms with E-state index in [1.807, 2.05) is 6.08 Å². The fraction of sp³-hybridized carbons (Fsp3) is 0.824. The number of carbonyl (C=O) groups is 1. The number of allylic oxidation sites excluding steroid dienone is 1. The molecule has 1 atom stereocenters. The second kappa shape index (κ2) is 11.8. The summed E-state index contributed by atoms with van der Waals surface area (Å²) >= 11 is 0. The highest BCUT2D eigenvalue weighted by atomic mass is 16.4. The second-order valence-electron chi connectivity index (χ2n) is 5.98. The maximum Gasteiger partial charge on any atom is 0.309 e. The Kier molecular flexibility index (Phi) is 11.3.